The standard InChI is InChI=1S/C23H22N2O7/c1-29-21-12-15-9-10-24(23(26)20-4-3-11-31-20)19(18(15)13-22(21)30-2)14-32-17-7-5-16(6-8-17)25(27)28/h3-8,11-13,19H,9-10,14H2,1-2H3/t19-/m0/s1. The summed E-state index contributed by atoms with van der Waals surface area (Å²) in [6, 6.07) is 12.5. The number of nitrogens with zero attached hydrogens (tertiary/aromatic N) is 2. The minimum atomic E-state index is -0.468. The topological polar surface area (TPSA) is 104 Å². The number of carbonyl (C=O) groups excluding carboxylic acids is 1. The summed E-state index contributed by atoms with van der Waals surface area (Å²) in [5.41, 5.74) is 1.89. The number of hydrogen-bond acceptors (Lipinski definition) is 7. The predicted octanol–water partition coefficient (Wildman–Crippen LogP) is 4.02. The fourth-order valence-corrected chi connectivity index (χ4v) is 3.83. The van der Waals surface area contributed by atoms with E-state index < -0.39 is 11.0 Å². The lowest BCUT2D eigenvalue weighted by molar-refractivity contribution is -0.384. The molecule has 2 aromatic carbocycles. The number of non-ortho nitro benzene ring substituents is 1. The number of furan rings is 1. The molecule has 0 saturated heterocycles. The molecule has 0 aliphatic carbocycles. The Morgan fingerprint density at radius 2 is 1.88 bits per heavy atom. The minimum absolute atomic E-state index is 0.0215. The van der Waals surface area contributed by atoms with E-state index >= 15 is 0 Å². The van der Waals surface area contributed by atoms with Crippen molar-refractivity contribution in [2.45, 2.75) is 12.5 Å². The molecule has 32 heavy (non-hydrogen) atoms. The van der Waals surface area contributed by atoms with Gasteiger partial charge in [0.1, 0.15) is 12.4 Å². The molecule has 0 unspecified atom stereocenters. The Labute approximate surface area is 184 Å². The lowest BCUT2D eigenvalue weighted by Gasteiger charge is -2.37. The number of rotatable bonds is 7. The molecule has 3 aromatic rings. The van der Waals surface area contributed by atoms with Gasteiger partial charge in [-0.1, -0.05) is 0 Å². The fraction of sp³-hybridized carbons (Fsp3) is 0.261. The number of fused-ring (bicyclic) bond motifs is 1. The maximum atomic E-state index is 13.1. The maximum Gasteiger partial charge on any atom is 0.290 e. The third kappa shape index (κ3) is 4.09. The van der Waals surface area contributed by atoms with Crippen molar-refractivity contribution in [1.29, 1.82) is 0 Å². The molecular weight excluding hydrogens is 416 g/mol. The molecule has 1 aliphatic heterocycles. The van der Waals surface area contributed by atoms with Crippen LogP contribution in [0.2, 0.25) is 0 Å². The SMILES string of the molecule is COc1cc2c(cc1OC)[C@H](COc1ccc([N+](=O)[O-])cc1)N(C(=O)c1ccco1)CC2. The fourth-order valence-electron chi connectivity index (χ4n) is 3.83. The molecule has 1 atom stereocenters. The molecule has 0 N–H and O–H groups in total. The number of ether oxygens (including phenoxy) is 3. The number of methoxy groups -OCH3 is 2. The van der Waals surface area contributed by atoms with Gasteiger partial charge in [-0.3, -0.25) is 14.9 Å². The van der Waals surface area contributed by atoms with E-state index in [1.54, 1.807) is 31.3 Å². The maximum absolute atomic E-state index is 13.1. The van der Waals surface area contributed by atoms with Gasteiger partial charge in [0.25, 0.3) is 11.6 Å². The molecule has 0 fully saturated rings. The number of nitro groups is 1. The Morgan fingerprint density at radius 3 is 2.50 bits per heavy atom. The number of hydrogen-bond donors (Lipinski definition) is 0. The monoisotopic (exact) mass is 438 g/mol. The van der Waals surface area contributed by atoms with E-state index in [0.717, 1.165) is 11.1 Å². The molecule has 1 aromatic heterocycles. The van der Waals surface area contributed by atoms with Crippen LogP contribution in [0.15, 0.2) is 59.2 Å². The number of amides is 1. The third-order valence-electron chi connectivity index (χ3n) is 5.45. The second-order valence-corrected chi connectivity index (χ2v) is 7.21. The average Bonchev–Trinajstić information content (AvgIpc) is 3.36. The van der Waals surface area contributed by atoms with E-state index in [0.29, 0.717) is 30.2 Å². The van der Waals surface area contributed by atoms with Crippen LogP contribution in [-0.2, 0) is 6.42 Å². The predicted molar refractivity (Wildman–Crippen MR) is 114 cm³/mol. The van der Waals surface area contributed by atoms with Gasteiger partial charge in [0.05, 0.1) is 31.4 Å². The van der Waals surface area contributed by atoms with Crippen LogP contribution in [0, 0.1) is 10.1 Å². The molecule has 9 nitrogen and oxygen atoms in total. The summed E-state index contributed by atoms with van der Waals surface area (Å²) in [4.78, 5) is 25.3. The zero-order valence-corrected chi connectivity index (χ0v) is 17.6. The van der Waals surface area contributed by atoms with E-state index in [2.05, 4.69) is 0 Å². The van der Waals surface area contributed by atoms with Gasteiger partial charge < -0.3 is 23.5 Å². The van der Waals surface area contributed by atoms with E-state index in [4.69, 9.17) is 18.6 Å². The normalized spacial score (nSPS) is 15.1. The summed E-state index contributed by atoms with van der Waals surface area (Å²) in [7, 11) is 3.14. The number of benzene rings is 2. The molecular formula is C23H22N2O7. The second kappa shape index (κ2) is 9.01. The summed E-state index contributed by atoms with van der Waals surface area (Å²) >= 11 is 0. The van der Waals surface area contributed by atoms with Crippen LogP contribution in [0.3, 0.4) is 0 Å². The lowest BCUT2D eigenvalue weighted by Crippen LogP contribution is -2.42. The van der Waals surface area contributed by atoms with Crippen molar-refractivity contribution in [3.8, 4) is 17.2 Å². The van der Waals surface area contributed by atoms with Crippen LogP contribution in [0.5, 0.6) is 17.2 Å². The highest BCUT2D eigenvalue weighted by molar-refractivity contribution is 5.92. The number of nitro benzene ring substituents is 1. The molecule has 9 heteroatoms. The number of carbonyl (C=O) groups is 1. The van der Waals surface area contributed by atoms with Gasteiger partial charge in [-0.2, -0.15) is 0 Å². The van der Waals surface area contributed by atoms with Crippen molar-refractivity contribution < 1.29 is 28.3 Å². The minimum Gasteiger partial charge on any atom is -0.493 e. The first-order valence-corrected chi connectivity index (χ1v) is 9.98. The third-order valence-corrected chi connectivity index (χ3v) is 5.45. The van der Waals surface area contributed by atoms with Gasteiger partial charge in [-0.15, -0.1) is 0 Å². The highest BCUT2D eigenvalue weighted by Gasteiger charge is 2.34. The van der Waals surface area contributed by atoms with Gasteiger partial charge in [0.15, 0.2) is 17.3 Å². The molecule has 1 amide bonds. The molecule has 0 radical (unpaired) electrons. The summed E-state index contributed by atoms with van der Waals surface area (Å²) in [6.45, 7) is 0.614. The lowest BCUT2D eigenvalue weighted by atomic mass is 9.92. The molecule has 166 valence electrons. The zero-order chi connectivity index (χ0) is 22.7. The van der Waals surface area contributed by atoms with Gasteiger partial charge in [-0.05, 0) is 53.9 Å². The van der Waals surface area contributed by atoms with Crippen molar-refractivity contribution in [1.82, 2.24) is 4.90 Å². The quantitative estimate of drug-likeness (QED) is 0.405. The van der Waals surface area contributed by atoms with E-state index in [1.165, 1.54) is 30.5 Å². The van der Waals surface area contributed by atoms with E-state index in [9.17, 15) is 14.9 Å². The first kappa shape index (κ1) is 21.2. The van der Waals surface area contributed by atoms with Crippen LogP contribution in [0.25, 0.3) is 0 Å². The summed E-state index contributed by atoms with van der Waals surface area (Å²) in [6.07, 6.45) is 2.09. The van der Waals surface area contributed by atoms with Gasteiger partial charge >= 0.3 is 0 Å². The van der Waals surface area contributed by atoms with Crippen LogP contribution in [-0.4, -0.2) is 43.1 Å². The largest absolute Gasteiger partial charge is 0.493 e. The van der Waals surface area contributed by atoms with Crippen molar-refractivity contribution in [3.63, 3.8) is 0 Å². The molecule has 2 heterocycles. The Morgan fingerprint density at radius 1 is 1.16 bits per heavy atom. The highest BCUT2D eigenvalue weighted by atomic mass is 16.6. The Hall–Kier alpha value is -4.01. The smallest absolute Gasteiger partial charge is 0.290 e. The van der Waals surface area contributed by atoms with Crippen LogP contribution in [0.1, 0.15) is 27.7 Å². The molecule has 0 bridgehead atoms. The molecule has 0 saturated carbocycles. The van der Waals surface area contributed by atoms with Crippen molar-refractivity contribution in [2.75, 3.05) is 27.4 Å². The van der Waals surface area contributed by atoms with Gasteiger partial charge in [0.2, 0.25) is 0 Å². The van der Waals surface area contributed by atoms with Crippen LogP contribution in [0.4, 0.5) is 5.69 Å². The summed E-state index contributed by atoms with van der Waals surface area (Å²) in [5, 5.41) is 10.9. The van der Waals surface area contributed by atoms with Crippen molar-refractivity contribution in [2.24, 2.45) is 0 Å². The first-order valence-electron chi connectivity index (χ1n) is 9.98. The first-order chi connectivity index (χ1) is 15.5. The molecule has 0 spiro atoms. The van der Waals surface area contributed by atoms with E-state index in [-0.39, 0.29) is 24.0 Å². The van der Waals surface area contributed by atoms with Gasteiger partial charge in [0, 0.05) is 18.7 Å². The summed E-state index contributed by atoms with van der Waals surface area (Å²) < 4.78 is 22.2. The molecule has 4 rings (SSSR count). The Balaban J connectivity index is 1.66. The van der Waals surface area contributed by atoms with E-state index in [1.807, 2.05) is 12.1 Å². The summed E-state index contributed by atoms with van der Waals surface area (Å²) in [5.74, 6) is 1.64. The second-order valence-electron chi connectivity index (χ2n) is 7.21. The molecule has 1 aliphatic rings. The average molecular weight is 438 g/mol. The van der Waals surface area contributed by atoms with Crippen molar-refractivity contribution >= 4 is 11.6 Å². The highest BCUT2D eigenvalue weighted by Crippen LogP contribution is 2.39. The Kier molecular flexibility index (Phi) is 5.98. The Bertz CT molecular complexity index is 1110. The van der Waals surface area contributed by atoms with Crippen LogP contribution < -0.4 is 14.2 Å². The van der Waals surface area contributed by atoms with Crippen LogP contribution >= 0.6 is 0 Å². The van der Waals surface area contributed by atoms with Gasteiger partial charge in [-0.25, -0.2) is 0 Å². The zero-order valence-electron chi connectivity index (χ0n) is 17.6. The van der Waals surface area contributed by atoms with Crippen molar-refractivity contribution in [3.05, 3.63) is 81.8 Å².